The fourth-order valence-electron chi connectivity index (χ4n) is 3.74. The van der Waals surface area contributed by atoms with Crippen molar-refractivity contribution in [3.8, 4) is 0 Å². The Labute approximate surface area is 209 Å². The molecule has 7 heteroatoms. The van der Waals surface area contributed by atoms with Crippen molar-refractivity contribution in [1.82, 2.24) is 16.0 Å². The minimum atomic E-state index is -0.0406. The van der Waals surface area contributed by atoms with Crippen LogP contribution in [-0.2, 0) is 0 Å². The van der Waals surface area contributed by atoms with Crippen LogP contribution in [0.1, 0.15) is 55.1 Å². The summed E-state index contributed by atoms with van der Waals surface area (Å²) in [6, 6.07) is 18.2. The molecule has 3 rings (SSSR count). The summed E-state index contributed by atoms with van der Waals surface area (Å²) in [6.45, 7) is 8.57. The van der Waals surface area contributed by atoms with Crippen molar-refractivity contribution in [3.63, 3.8) is 0 Å². The third-order valence-corrected chi connectivity index (χ3v) is 5.47. The van der Waals surface area contributed by atoms with Gasteiger partial charge in [0, 0.05) is 44.0 Å². The lowest BCUT2D eigenvalue weighted by Gasteiger charge is -2.22. The second-order valence-corrected chi connectivity index (χ2v) is 7.89. The van der Waals surface area contributed by atoms with E-state index in [2.05, 4.69) is 64.0 Å². The summed E-state index contributed by atoms with van der Waals surface area (Å²) in [6.07, 6.45) is 3.34. The summed E-state index contributed by atoms with van der Waals surface area (Å²) in [5.41, 5.74) is 3.25. The molecule has 2 aromatic carbocycles. The Hall–Kier alpha value is -2.29. The number of rotatable bonds is 9. The number of amides is 1. The average molecular weight is 550 g/mol. The van der Waals surface area contributed by atoms with Crippen LogP contribution in [0.4, 0.5) is 5.69 Å². The summed E-state index contributed by atoms with van der Waals surface area (Å²) in [4.78, 5) is 19.2. The van der Waals surface area contributed by atoms with E-state index in [9.17, 15) is 4.79 Å². The van der Waals surface area contributed by atoms with Gasteiger partial charge in [0.05, 0.1) is 6.04 Å². The maximum absolute atomic E-state index is 12.1. The lowest BCUT2D eigenvalue weighted by Crippen LogP contribution is -2.39. The molecule has 0 radical (unpaired) electrons. The van der Waals surface area contributed by atoms with Crippen molar-refractivity contribution in [1.29, 1.82) is 0 Å². The van der Waals surface area contributed by atoms with Crippen LogP contribution in [0.5, 0.6) is 0 Å². The molecule has 1 atom stereocenters. The number of carbonyl (C=O) groups is 1. The number of anilines is 1. The maximum Gasteiger partial charge on any atom is 0.251 e. The third-order valence-electron chi connectivity index (χ3n) is 5.47. The highest BCUT2D eigenvalue weighted by molar-refractivity contribution is 14.0. The Bertz CT molecular complexity index is 852. The highest BCUT2D eigenvalue weighted by Crippen LogP contribution is 2.23. The van der Waals surface area contributed by atoms with E-state index in [1.165, 1.54) is 24.1 Å². The Morgan fingerprint density at radius 3 is 2.53 bits per heavy atom. The number of nitrogens with zero attached hydrogens (tertiary/aromatic N) is 2. The van der Waals surface area contributed by atoms with Gasteiger partial charge in [0.1, 0.15) is 0 Å². The largest absolute Gasteiger partial charge is 0.372 e. The van der Waals surface area contributed by atoms with Crippen molar-refractivity contribution in [2.24, 2.45) is 4.99 Å². The van der Waals surface area contributed by atoms with E-state index in [0.29, 0.717) is 18.7 Å². The number of nitrogens with one attached hydrogen (secondary N) is 3. The van der Waals surface area contributed by atoms with Gasteiger partial charge in [-0.15, -0.1) is 24.0 Å². The molecule has 0 spiro atoms. The Morgan fingerprint density at radius 1 is 1.06 bits per heavy atom. The molecule has 3 N–H and O–H groups in total. The fraction of sp³-hybridized carbons (Fsp3) is 0.440. The van der Waals surface area contributed by atoms with Gasteiger partial charge in [0.2, 0.25) is 0 Å². The molecule has 1 aliphatic rings. The van der Waals surface area contributed by atoms with Crippen LogP contribution in [0, 0.1) is 0 Å². The van der Waals surface area contributed by atoms with E-state index in [1.807, 2.05) is 30.3 Å². The number of guanidine groups is 1. The molecule has 2 aromatic rings. The van der Waals surface area contributed by atoms with Gasteiger partial charge < -0.3 is 20.9 Å². The summed E-state index contributed by atoms with van der Waals surface area (Å²) in [7, 11) is 0. The number of aliphatic imine (C=N–C) groups is 1. The molecule has 1 heterocycles. The average Bonchev–Trinajstić information content (AvgIpc) is 3.34. The van der Waals surface area contributed by atoms with Crippen molar-refractivity contribution in [2.75, 3.05) is 37.6 Å². The topological polar surface area (TPSA) is 68.8 Å². The van der Waals surface area contributed by atoms with Gasteiger partial charge in [-0.3, -0.25) is 9.79 Å². The number of halogens is 1. The van der Waals surface area contributed by atoms with E-state index in [-0.39, 0.29) is 35.9 Å². The minimum Gasteiger partial charge on any atom is -0.372 e. The smallest absolute Gasteiger partial charge is 0.251 e. The van der Waals surface area contributed by atoms with Gasteiger partial charge >= 0.3 is 0 Å². The number of benzene rings is 2. The number of hydrogen-bond donors (Lipinski definition) is 3. The molecule has 0 bridgehead atoms. The van der Waals surface area contributed by atoms with Gasteiger partial charge in [-0.2, -0.15) is 0 Å². The van der Waals surface area contributed by atoms with Crippen molar-refractivity contribution < 1.29 is 4.79 Å². The van der Waals surface area contributed by atoms with Gasteiger partial charge in [0.15, 0.2) is 5.96 Å². The van der Waals surface area contributed by atoms with Crippen molar-refractivity contribution >= 4 is 41.5 Å². The maximum atomic E-state index is 12.1. The SMILES string of the molecule is CCNC(=NCCCNC(=O)c1ccccc1)NC(C)c1cccc(N2CCCC2)c1.I. The van der Waals surface area contributed by atoms with Crippen LogP contribution in [0.25, 0.3) is 0 Å². The molecule has 1 saturated heterocycles. The van der Waals surface area contributed by atoms with E-state index in [0.717, 1.165) is 32.0 Å². The standard InChI is InChI=1S/C25H35N5O.HI/c1-3-26-25(28-16-10-15-27-24(31)21-11-5-4-6-12-21)29-20(2)22-13-9-14-23(19-22)30-17-7-8-18-30;/h4-6,9,11-14,19-20H,3,7-8,10,15-18H2,1-2H3,(H,27,31)(H2,26,28,29);1H. The molecule has 1 fully saturated rings. The van der Waals surface area contributed by atoms with Crippen LogP contribution in [-0.4, -0.2) is 44.6 Å². The van der Waals surface area contributed by atoms with Gasteiger partial charge in [-0.25, -0.2) is 0 Å². The first-order valence-corrected chi connectivity index (χ1v) is 11.4. The van der Waals surface area contributed by atoms with Crippen LogP contribution in [0.2, 0.25) is 0 Å². The summed E-state index contributed by atoms with van der Waals surface area (Å²) < 4.78 is 0. The van der Waals surface area contributed by atoms with Crippen LogP contribution >= 0.6 is 24.0 Å². The minimum absolute atomic E-state index is 0. The molecule has 32 heavy (non-hydrogen) atoms. The first-order chi connectivity index (χ1) is 15.2. The Kier molecular flexibility index (Phi) is 11.3. The lowest BCUT2D eigenvalue weighted by atomic mass is 10.1. The number of carbonyl (C=O) groups excluding carboxylic acids is 1. The molecular formula is C25H36IN5O. The Balaban J connectivity index is 0.00000363. The third kappa shape index (κ3) is 8.00. The first-order valence-electron chi connectivity index (χ1n) is 11.4. The first kappa shape index (κ1) is 26.0. The summed E-state index contributed by atoms with van der Waals surface area (Å²) in [5.74, 6) is 0.761. The molecule has 174 valence electrons. The zero-order chi connectivity index (χ0) is 21.9. The zero-order valence-corrected chi connectivity index (χ0v) is 21.5. The molecule has 1 amide bonds. The summed E-state index contributed by atoms with van der Waals surface area (Å²) in [5, 5.41) is 9.78. The zero-order valence-electron chi connectivity index (χ0n) is 19.1. The highest BCUT2D eigenvalue weighted by atomic mass is 127. The lowest BCUT2D eigenvalue weighted by molar-refractivity contribution is 0.0953. The van der Waals surface area contributed by atoms with Crippen molar-refractivity contribution in [3.05, 3.63) is 65.7 Å². The normalized spacial score (nSPS) is 14.4. The second-order valence-electron chi connectivity index (χ2n) is 7.89. The molecule has 6 nitrogen and oxygen atoms in total. The molecule has 0 aromatic heterocycles. The molecule has 0 saturated carbocycles. The van der Waals surface area contributed by atoms with Crippen molar-refractivity contribution in [2.45, 2.75) is 39.2 Å². The predicted octanol–water partition coefficient (Wildman–Crippen LogP) is 4.34. The van der Waals surface area contributed by atoms with E-state index in [1.54, 1.807) is 0 Å². The highest BCUT2D eigenvalue weighted by Gasteiger charge is 2.14. The van der Waals surface area contributed by atoms with Crippen LogP contribution in [0.15, 0.2) is 59.6 Å². The second kappa shape index (κ2) is 14.0. The quantitative estimate of drug-likeness (QED) is 0.189. The predicted molar refractivity (Wildman–Crippen MR) is 144 cm³/mol. The molecular weight excluding hydrogens is 513 g/mol. The summed E-state index contributed by atoms with van der Waals surface area (Å²) >= 11 is 0. The Morgan fingerprint density at radius 2 is 1.81 bits per heavy atom. The van der Waals surface area contributed by atoms with E-state index >= 15 is 0 Å². The number of hydrogen-bond acceptors (Lipinski definition) is 3. The monoisotopic (exact) mass is 549 g/mol. The van der Waals surface area contributed by atoms with E-state index < -0.39 is 0 Å². The molecule has 1 unspecified atom stereocenters. The van der Waals surface area contributed by atoms with Gasteiger partial charge in [-0.1, -0.05) is 30.3 Å². The van der Waals surface area contributed by atoms with Crippen LogP contribution in [0.3, 0.4) is 0 Å². The fourth-order valence-corrected chi connectivity index (χ4v) is 3.74. The van der Waals surface area contributed by atoms with Crippen LogP contribution < -0.4 is 20.9 Å². The molecule has 0 aliphatic carbocycles. The van der Waals surface area contributed by atoms with Gasteiger partial charge in [-0.05, 0) is 62.9 Å². The van der Waals surface area contributed by atoms with Gasteiger partial charge in [0.25, 0.3) is 5.91 Å². The molecule has 1 aliphatic heterocycles. The van der Waals surface area contributed by atoms with E-state index in [4.69, 9.17) is 0 Å².